The molecule has 0 aromatic heterocycles. The molecule has 0 atom stereocenters. The molecular formula is C7H5Br3OZr-. The van der Waals surface area contributed by atoms with Crippen LogP contribution in [-0.2, 0) is 19.5 Å². The van der Waals surface area contributed by atoms with Crippen LogP contribution in [0.15, 0.2) is 30.3 Å². The standard InChI is InChI=1S/C7H5O.3BrH.Zr/c8-6-7-4-2-1-3-5-7;;;;/h1-5H;3*1H;/q-1;;;;+3/p-3. The Labute approximate surface area is 97.0 Å². The zero-order valence-electron chi connectivity index (χ0n) is 5.93. The van der Waals surface area contributed by atoms with Gasteiger partial charge in [-0.15, -0.1) is 12.1 Å². The van der Waals surface area contributed by atoms with Gasteiger partial charge in [-0.25, -0.2) is 0 Å². The fourth-order valence-corrected chi connectivity index (χ4v) is 0.506. The van der Waals surface area contributed by atoms with Crippen molar-refractivity contribution in [1.82, 2.24) is 0 Å². The molecule has 0 bridgehead atoms. The molecule has 0 heterocycles. The van der Waals surface area contributed by atoms with Crippen molar-refractivity contribution in [2.45, 2.75) is 0 Å². The van der Waals surface area contributed by atoms with Crippen LogP contribution in [0.25, 0.3) is 0 Å². The number of hydrogen-bond donors (Lipinski definition) is 0. The molecule has 1 nitrogen and oxygen atoms in total. The van der Waals surface area contributed by atoms with Crippen molar-refractivity contribution < 1.29 is 19.5 Å². The zero-order valence-corrected chi connectivity index (χ0v) is 13.1. The molecule has 1 aromatic rings. The van der Waals surface area contributed by atoms with Gasteiger partial charge < -0.3 is 4.79 Å². The third-order valence-electron chi connectivity index (χ3n) is 0.892. The summed E-state index contributed by atoms with van der Waals surface area (Å²) in [6, 6.07) is 8.90. The van der Waals surface area contributed by atoms with Gasteiger partial charge in [0.05, 0.1) is 6.29 Å². The zero-order chi connectivity index (χ0) is 9.40. The van der Waals surface area contributed by atoms with Crippen molar-refractivity contribution in [3.8, 4) is 0 Å². The molecule has 0 unspecified atom stereocenters. The van der Waals surface area contributed by atoms with Crippen molar-refractivity contribution in [2.24, 2.45) is 0 Å². The van der Waals surface area contributed by atoms with Gasteiger partial charge in [-0.1, -0.05) is 6.07 Å². The minimum atomic E-state index is -1.11. The van der Waals surface area contributed by atoms with E-state index in [1.807, 2.05) is 6.07 Å². The van der Waals surface area contributed by atoms with E-state index in [4.69, 9.17) is 0 Å². The summed E-state index contributed by atoms with van der Waals surface area (Å²) < 4.78 is 0. The molecule has 1 aromatic carbocycles. The van der Waals surface area contributed by atoms with Crippen molar-refractivity contribution >= 4 is 42.9 Å². The molecule has 0 aliphatic carbocycles. The summed E-state index contributed by atoms with van der Waals surface area (Å²) in [5.74, 6) is 0. The fraction of sp³-hybridized carbons (Fsp3) is 0. The first-order valence-corrected chi connectivity index (χ1v) is 19.8. The van der Waals surface area contributed by atoms with Crippen LogP contribution in [0, 0.1) is 0 Å². The Bertz CT molecular complexity index is 212. The average Bonchev–Trinajstić information content (AvgIpc) is 2.05. The molecule has 0 amide bonds. The molecule has 65 valence electrons. The van der Waals surface area contributed by atoms with Crippen molar-refractivity contribution in [3.63, 3.8) is 0 Å². The van der Waals surface area contributed by atoms with E-state index in [0.717, 1.165) is 0 Å². The fourth-order valence-electron chi connectivity index (χ4n) is 0.506. The second kappa shape index (κ2) is 8.80. The van der Waals surface area contributed by atoms with Gasteiger partial charge in [0.25, 0.3) is 0 Å². The first-order valence-electron chi connectivity index (χ1n) is 2.93. The van der Waals surface area contributed by atoms with Gasteiger partial charge in [-0.05, 0) is 0 Å². The molecule has 0 aliphatic rings. The quantitative estimate of drug-likeness (QED) is 0.615. The first kappa shape index (κ1) is 13.2. The topological polar surface area (TPSA) is 17.1 Å². The van der Waals surface area contributed by atoms with Crippen LogP contribution in [0.2, 0.25) is 0 Å². The van der Waals surface area contributed by atoms with Crippen LogP contribution >= 0.6 is 36.7 Å². The summed E-state index contributed by atoms with van der Waals surface area (Å²) >= 11 is 8.80. The van der Waals surface area contributed by atoms with Crippen LogP contribution < -0.4 is 0 Å². The molecule has 0 saturated heterocycles. The second-order valence-corrected chi connectivity index (χ2v) is 35.7. The van der Waals surface area contributed by atoms with E-state index in [1.165, 1.54) is 0 Å². The summed E-state index contributed by atoms with van der Waals surface area (Å²) in [7, 11) is 0. The molecule has 0 N–H and O–H groups in total. The molecule has 0 aliphatic heterocycles. The van der Waals surface area contributed by atoms with Crippen LogP contribution in [0.5, 0.6) is 0 Å². The van der Waals surface area contributed by atoms with Gasteiger partial charge in [0.2, 0.25) is 0 Å². The molecule has 0 radical (unpaired) electrons. The van der Waals surface area contributed by atoms with Gasteiger partial charge in [0, 0.05) is 0 Å². The van der Waals surface area contributed by atoms with Gasteiger partial charge in [-0.3, -0.25) is 0 Å². The van der Waals surface area contributed by atoms with Crippen LogP contribution in [0.1, 0.15) is 5.56 Å². The average molecular weight is 436 g/mol. The molecular weight excluding hydrogens is 431 g/mol. The summed E-state index contributed by atoms with van der Waals surface area (Å²) in [5.41, 5.74) is 0.604. The maximum absolute atomic E-state index is 9.88. The van der Waals surface area contributed by atoms with Crippen molar-refractivity contribution in [1.29, 1.82) is 0 Å². The van der Waals surface area contributed by atoms with Gasteiger partial charge >= 0.3 is 51.4 Å². The Balaban J connectivity index is 0.000000261. The first-order chi connectivity index (χ1) is 5.66. The van der Waals surface area contributed by atoms with E-state index in [9.17, 15) is 4.79 Å². The van der Waals surface area contributed by atoms with E-state index in [1.54, 1.807) is 30.6 Å². The third-order valence-corrected chi connectivity index (χ3v) is 0.892. The Morgan fingerprint density at radius 3 is 1.75 bits per heavy atom. The summed E-state index contributed by atoms with van der Waals surface area (Å²) in [5, 5.41) is 0. The number of halogens is 3. The van der Waals surface area contributed by atoms with Crippen molar-refractivity contribution in [3.05, 3.63) is 35.9 Å². The Morgan fingerprint density at radius 1 is 1.08 bits per heavy atom. The molecule has 5 heteroatoms. The number of carbonyl (C=O) groups excluding carboxylic acids is 1. The molecule has 0 fully saturated rings. The monoisotopic (exact) mass is 432 g/mol. The maximum atomic E-state index is 9.88. The number of hydrogen-bond acceptors (Lipinski definition) is 1. The Kier molecular flexibility index (Phi) is 9.68. The van der Waals surface area contributed by atoms with Crippen LogP contribution in [-0.4, -0.2) is 6.29 Å². The van der Waals surface area contributed by atoms with E-state index >= 15 is 0 Å². The molecule has 0 saturated carbocycles. The predicted molar refractivity (Wildman–Crippen MR) is 58.0 cm³/mol. The van der Waals surface area contributed by atoms with Crippen LogP contribution in [0.4, 0.5) is 0 Å². The van der Waals surface area contributed by atoms with E-state index in [-0.39, 0.29) is 0 Å². The molecule has 1 rings (SSSR count). The summed E-state index contributed by atoms with van der Waals surface area (Å²) in [4.78, 5) is 9.88. The van der Waals surface area contributed by atoms with E-state index < -0.39 is 14.7 Å². The van der Waals surface area contributed by atoms with E-state index in [0.29, 0.717) is 5.56 Å². The molecule has 12 heavy (non-hydrogen) atoms. The summed E-state index contributed by atoms with van der Waals surface area (Å²) in [6.07, 6.45) is 1.78. The Hall–Kier alpha value is 1.21. The Morgan fingerprint density at radius 2 is 1.50 bits per heavy atom. The van der Waals surface area contributed by atoms with Gasteiger partial charge in [0.1, 0.15) is 0 Å². The second-order valence-electron chi connectivity index (χ2n) is 1.68. The third kappa shape index (κ3) is 9.30. The normalized spacial score (nSPS) is 7.92. The minimum absolute atomic E-state index is 0.604. The number of benzene rings is 1. The molecule has 0 spiro atoms. The van der Waals surface area contributed by atoms with Crippen molar-refractivity contribution in [2.75, 3.05) is 0 Å². The van der Waals surface area contributed by atoms with Gasteiger partial charge in [-0.2, -0.15) is 17.7 Å². The SMILES string of the molecule is O=[C-]c1ccccc1.[Br][Zr]([Br])[Br]. The number of rotatable bonds is 1. The van der Waals surface area contributed by atoms with E-state index in [2.05, 4.69) is 36.7 Å². The van der Waals surface area contributed by atoms with Crippen LogP contribution in [0.3, 0.4) is 0 Å². The van der Waals surface area contributed by atoms with Gasteiger partial charge in [0.15, 0.2) is 0 Å². The summed E-state index contributed by atoms with van der Waals surface area (Å²) in [6.45, 7) is 0. The predicted octanol–water partition coefficient (Wildman–Crippen LogP) is 3.68.